The Kier molecular flexibility index (Phi) is 5.86. The first kappa shape index (κ1) is 21.9. The molecule has 0 aromatic heterocycles. The quantitative estimate of drug-likeness (QED) is 0.380. The largest absolute Gasteiger partial charge is 0.431 e. The van der Waals surface area contributed by atoms with Crippen LogP contribution in [0.15, 0.2) is 34.9 Å². The van der Waals surface area contributed by atoms with Crippen molar-refractivity contribution >= 4 is 34.6 Å². The van der Waals surface area contributed by atoms with Gasteiger partial charge < -0.3 is 25.4 Å². The Labute approximate surface area is 170 Å². The van der Waals surface area contributed by atoms with Crippen LogP contribution in [0.25, 0.3) is 0 Å². The molecule has 0 fully saturated rings. The van der Waals surface area contributed by atoms with Crippen LogP contribution in [0.1, 0.15) is 11.6 Å². The number of hydrogen-bond donors (Lipinski definition) is 4. The average molecular weight is 454 g/mol. The third kappa shape index (κ3) is 4.08. The van der Waals surface area contributed by atoms with Crippen molar-refractivity contribution in [2.75, 3.05) is 17.8 Å². The van der Waals surface area contributed by atoms with Gasteiger partial charge in [0.1, 0.15) is 17.6 Å². The molecular formula is C15H17F3N4O5S2. The number of carbonyl (C=O) groups is 1. The minimum Gasteiger partial charge on any atom is -0.370 e. The van der Waals surface area contributed by atoms with E-state index in [0.29, 0.717) is 21.4 Å². The first-order valence-corrected chi connectivity index (χ1v) is 10.1. The van der Waals surface area contributed by atoms with E-state index in [1.54, 1.807) is 0 Å². The number of nitrogens with two attached hydrogens (primary N) is 1. The maximum absolute atomic E-state index is 13.1. The number of fused-ring (bicyclic) bond motifs is 1. The molecule has 1 aromatic carbocycles. The molecule has 0 aliphatic carbocycles. The van der Waals surface area contributed by atoms with E-state index in [2.05, 4.69) is 0 Å². The number of carbonyl (C=O) groups excluding carboxylic acids is 1. The van der Waals surface area contributed by atoms with E-state index in [4.69, 9.17) is 10.3 Å². The molecule has 5 N–H and O–H groups in total. The molecule has 0 bridgehead atoms. The Bertz CT molecular complexity index is 884. The number of anilines is 1. The summed E-state index contributed by atoms with van der Waals surface area (Å²) in [6.07, 6.45) is -7.85. The van der Waals surface area contributed by atoms with E-state index >= 15 is 0 Å². The number of alkyl halides is 3. The fourth-order valence-electron chi connectivity index (χ4n) is 3.20. The Balaban J connectivity index is 1.99. The van der Waals surface area contributed by atoms with Crippen LogP contribution in [0.2, 0.25) is 0 Å². The first-order chi connectivity index (χ1) is 13.4. The number of primary amides is 1. The van der Waals surface area contributed by atoms with E-state index in [1.165, 1.54) is 22.5 Å². The smallest absolute Gasteiger partial charge is 0.370 e. The highest BCUT2D eigenvalue weighted by Crippen LogP contribution is 2.46. The molecule has 0 radical (unpaired) electrons. The summed E-state index contributed by atoms with van der Waals surface area (Å²) >= 11 is -1.21. The summed E-state index contributed by atoms with van der Waals surface area (Å²) in [6, 6.07) is 3.29. The van der Waals surface area contributed by atoms with Crippen LogP contribution in [0, 0.1) is 0 Å². The molecule has 9 nitrogen and oxygen atoms in total. The minimum absolute atomic E-state index is 0.131. The van der Waals surface area contributed by atoms with Gasteiger partial charge in [-0.05, 0) is 41.8 Å². The molecule has 4 unspecified atom stereocenters. The minimum atomic E-state index is -4.77. The zero-order valence-electron chi connectivity index (χ0n) is 14.8. The first-order valence-electron chi connectivity index (χ1n) is 8.03. The van der Waals surface area contributed by atoms with Crippen molar-refractivity contribution in [3.63, 3.8) is 0 Å². The highest BCUT2D eigenvalue weighted by atomic mass is 32.2. The molecule has 0 saturated carbocycles. The maximum atomic E-state index is 13.1. The summed E-state index contributed by atoms with van der Waals surface area (Å²) in [5.74, 6) is -1.16. The normalized spacial score (nSPS) is 26.3. The fraction of sp³-hybridized carbons (Fsp3) is 0.400. The molecule has 4 atom stereocenters. The van der Waals surface area contributed by atoms with Crippen molar-refractivity contribution in [1.29, 1.82) is 0 Å². The Hall–Kier alpha value is -1.84. The van der Waals surface area contributed by atoms with E-state index < -0.39 is 47.5 Å². The summed E-state index contributed by atoms with van der Waals surface area (Å²) in [5.41, 5.74) is 4.70. The number of nitrogens with zero attached hydrogens (tertiary/aromatic N) is 3. The maximum Gasteiger partial charge on any atom is 0.431 e. The van der Waals surface area contributed by atoms with Gasteiger partial charge in [-0.3, -0.25) is 9.69 Å². The summed E-state index contributed by atoms with van der Waals surface area (Å²) < 4.78 is 60.8. The van der Waals surface area contributed by atoms with Gasteiger partial charge in [0.25, 0.3) is 0 Å². The van der Waals surface area contributed by atoms with Crippen molar-refractivity contribution in [3.8, 4) is 0 Å². The lowest BCUT2D eigenvalue weighted by atomic mass is 10.0. The monoisotopic (exact) mass is 454 g/mol. The Morgan fingerprint density at radius 1 is 1.34 bits per heavy atom. The van der Waals surface area contributed by atoms with Gasteiger partial charge in [0.15, 0.2) is 17.3 Å². The second-order valence-corrected chi connectivity index (χ2v) is 8.31. The average Bonchev–Trinajstić information content (AvgIpc) is 2.93. The summed E-state index contributed by atoms with van der Waals surface area (Å²) in [4.78, 5) is 13.9. The number of rotatable bonds is 4. The van der Waals surface area contributed by atoms with Gasteiger partial charge in [0.05, 0.1) is 0 Å². The molecule has 2 aliphatic heterocycles. The highest BCUT2D eigenvalue weighted by molar-refractivity contribution is 7.98. The van der Waals surface area contributed by atoms with E-state index in [9.17, 15) is 32.4 Å². The van der Waals surface area contributed by atoms with Gasteiger partial charge in [0.2, 0.25) is 12.3 Å². The zero-order chi connectivity index (χ0) is 21.7. The van der Waals surface area contributed by atoms with Gasteiger partial charge in [-0.1, -0.05) is 0 Å². The van der Waals surface area contributed by atoms with Crippen LogP contribution in [-0.2, 0) is 15.9 Å². The van der Waals surface area contributed by atoms with Gasteiger partial charge in [-0.15, -0.1) is 0 Å². The van der Waals surface area contributed by atoms with Crippen LogP contribution in [0.4, 0.5) is 18.9 Å². The predicted molar refractivity (Wildman–Crippen MR) is 98.1 cm³/mol. The molecule has 160 valence electrons. The molecule has 3 rings (SSSR count). The van der Waals surface area contributed by atoms with E-state index in [1.807, 2.05) is 0 Å². The lowest BCUT2D eigenvalue weighted by Crippen LogP contribution is -2.56. The number of aliphatic hydroxyl groups excluding tert-OH is 2. The Morgan fingerprint density at radius 2 is 2.00 bits per heavy atom. The second-order valence-electron chi connectivity index (χ2n) is 6.31. The van der Waals surface area contributed by atoms with Gasteiger partial charge >= 0.3 is 6.18 Å². The summed E-state index contributed by atoms with van der Waals surface area (Å²) in [7, 11) is 1.02. The predicted octanol–water partition coefficient (Wildman–Crippen LogP) is 0.507. The molecule has 0 spiro atoms. The van der Waals surface area contributed by atoms with Crippen molar-refractivity contribution in [2.24, 2.45) is 5.73 Å². The lowest BCUT2D eigenvalue weighted by Gasteiger charge is -2.43. The summed E-state index contributed by atoms with van der Waals surface area (Å²) in [5, 5.41) is 20.6. The van der Waals surface area contributed by atoms with Crippen LogP contribution in [0.5, 0.6) is 0 Å². The van der Waals surface area contributed by atoms with Gasteiger partial charge in [-0.2, -0.15) is 13.2 Å². The zero-order valence-corrected chi connectivity index (χ0v) is 16.4. The van der Waals surface area contributed by atoms with Crippen LogP contribution in [-0.4, -0.2) is 65.8 Å². The van der Waals surface area contributed by atoms with Crippen molar-refractivity contribution in [3.05, 3.63) is 35.5 Å². The molecule has 14 heteroatoms. The standard InChI is InChI=1S/C15H17F3N4O5S2/c1-20-10(15(16,17)18)5-11(23)22(14(20)25)7-2-3-9-8(4-7)12(13(19)24)21(28-9)6-29(26)27/h2-5,11-12,14,23,25H,6H2,1H3,(H2,19,24)(H,26,27). The van der Waals surface area contributed by atoms with E-state index in [0.717, 1.165) is 23.9 Å². The molecule has 2 aliphatic rings. The fourth-order valence-corrected chi connectivity index (χ4v) is 5.03. The second kappa shape index (κ2) is 7.77. The third-order valence-electron chi connectivity index (χ3n) is 4.45. The van der Waals surface area contributed by atoms with Crippen molar-refractivity contribution in [2.45, 2.75) is 29.7 Å². The highest BCUT2D eigenvalue weighted by Gasteiger charge is 2.45. The number of halogens is 3. The number of hydrogen-bond acceptors (Lipinski definition) is 8. The molecule has 1 amide bonds. The topological polar surface area (TPSA) is 131 Å². The summed E-state index contributed by atoms with van der Waals surface area (Å²) in [6.45, 7) is 0. The third-order valence-corrected chi connectivity index (χ3v) is 6.26. The number of allylic oxidation sites excluding steroid dienone is 1. The molecule has 0 saturated heterocycles. The van der Waals surface area contributed by atoms with Crippen LogP contribution < -0.4 is 10.6 Å². The number of benzene rings is 1. The molecule has 2 heterocycles. The van der Waals surface area contributed by atoms with Crippen LogP contribution in [0.3, 0.4) is 0 Å². The lowest BCUT2D eigenvalue weighted by molar-refractivity contribution is -0.133. The molecule has 29 heavy (non-hydrogen) atoms. The SMILES string of the molecule is CN1C(C(F)(F)F)=CC(O)N(c2ccc3c(c2)C(C(N)=O)N(CS(=O)O)S3)C1O. The molecule has 1 aromatic rings. The number of amides is 1. The Morgan fingerprint density at radius 3 is 2.55 bits per heavy atom. The number of aliphatic hydroxyl groups is 2. The van der Waals surface area contributed by atoms with Gasteiger partial charge in [-0.25, -0.2) is 8.51 Å². The van der Waals surface area contributed by atoms with Crippen molar-refractivity contribution < 1.29 is 36.9 Å². The van der Waals surface area contributed by atoms with Gasteiger partial charge in [0, 0.05) is 17.6 Å². The van der Waals surface area contributed by atoms with Crippen LogP contribution >= 0.6 is 11.9 Å². The van der Waals surface area contributed by atoms with E-state index in [-0.39, 0.29) is 11.6 Å². The van der Waals surface area contributed by atoms with Crippen molar-refractivity contribution in [1.82, 2.24) is 9.21 Å². The molecular weight excluding hydrogens is 437 g/mol.